The van der Waals surface area contributed by atoms with E-state index in [4.69, 9.17) is 10.5 Å². The molecule has 0 amide bonds. The van der Waals surface area contributed by atoms with Gasteiger partial charge in [-0.05, 0) is 44.2 Å². The van der Waals surface area contributed by atoms with Gasteiger partial charge in [-0.15, -0.1) is 0 Å². The van der Waals surface area contributed by atoms with Crippen molar-refractivity contribution in [3.05, 3.63) is 29.3 Å². The highest BCUT2D eigenvalue weighted by Gasteiger charge is 2.34. The van der Waals surface area contributed by atoms with Crippen molar-refractivity contribution in [3.63, 3.8) is 0 Å². The molecule has 0 spiro atoms. The predicted octanol–water partition coefficient (Wildman–Crippen LogP) is 2.64. The topological polar surface area (TPSA) is 38.5 Å². The van der Waals surface area contributed by atoms with Crippen LogP contribution in [0.4, 0.5) is 5.69 Å². The van der Waals surface area contributed by atoms with Gasteiger partial charge in [-0.2, -0.15) is 0 Å². The van der Waals surface area contributed by atoms with E-state index < -0.39 is 0 Å². The molecule has 3 nitrogen and oxygen atoms in total. The first-order valence-corrected chi connectivity index (χ1v) is 7.91. The zero-order valence-corrected chi connectivity index (χ0v) is 12.6. The number of morpholine rings is 1. The molecule has 0 saturated carbocycles. The second-order valence-electron chi connectivity index (χ2n) is 6.37. The molecule has 1 aromatic rings. The Labute approximate surface area is 122 Å². The first-order valence-electron chi connectivity index (χ1n) is 7.91. The molecule has 2 aliphatic rings. The fraction of sp³-hybridized carbons (Fsp3) is 0.647. The third-order valence-corrected chi connectivity index (χ3v) is 4.63. The summed E-state index contributed by atoms with van der Waals surface area (Å²) in [5.41, 5.74) is 10.3. The minimum absolute atomic E-state index is 0.258. The molecule has 2 bridgehead atoms. The van der Waals surface area contributed by atoms with Gasteiger partial charge >= 0.3 is 0 Å². The molecule has 2 fully saturated rings. The third kappa shape index (κ3) is 2.84. The van der Waals surface area contributed by atoms with E-state index >= 15 is 0 Å². The molecular weight excluding hydrogens is 248 g/mol. The quantitative estimate of drug-likeness (QED) is 0.917. The maximum Gasteiger partial charge on any atom is 0.0755 e. The van der Waals surface area contributed by atoms with Gasteiger partial charge in [-0.3, -0.25) is 0 Å². The standard InChI is InChI=1S/C17H26N2O/c1-3-14(18)9-13-8-12(2)4-7-17(13)19-10-15-5-6-16(11-19)20-15/h4,7-8,14-16H,3,5-6,9-11,18H2,1-2H3. The first-order chi connectivity index (χ1) is 9.65. The van der Waals surface area contributed by atoms with Crippen molar-refractivity contribution in [2.75, 3.05) is 18.0 Å². The number of benzene rings is 1. The van der Waals surface area contributed by atoms with E-state index in [1.165, 1.54) is 29.7 Å². The van der Waals surface area contributed by atoms with Crippen LogP contribution in [0.3, 0.4) is 0 Å². The minimum atomic E-state index is 0.258. The lowest BCUT2D eigenvalue weighted by atomic mass is 9.99. The highest BCUT2D eigenvalue weighted by molar-refractivity contribution is 5.56. The number of fused-ring (bicyclic) bond motifs is 2. The van der Waals surface area contributed by atoms with E-state index in [1.807, 2.05) is 0 Å². The van der Waals surface area contributed by atoms with Crippen LogP contribution in [0.15, 0.2) is 18.2 Å². The fourth-order valence-corrected chi connectivity index (χ4v) is 3.42. The summed E-state index contributed by atoms with van der Waals surface area (Å²) in [7, 11) is 0. The Balaban J connectivity index is 1.84. The Bertz CT molecular complexity index is 462. The second-order valence-corrected chi connectivity index (χ2v) is 6.37. The Hall–Kier alpha value is -1.06. The molecule has 20 heavy (non-hydrogen) atoms. The average molecular weight is 274 g/mol. The molecule has 0 radical (unpaired) electrons. The number of nitrogens with zero attached hydrogens (tertiary/aromatic N) is 1. The number of rotatable bonds is 4. The summed E-state index contributed by atoms with van der Waals surface area (Å²) in [6.07, 6.45) is 5.31. The van der Waals surface area contributed by atoms with Gasteiger partial charge in [0.25, 0.3) is 0 Å². The van der Waals surface area contributed by atoms with Crippen molar-refractivity contribution in [3.8, 4) is 0 Å². The Kier molecular flexibility index (Phi) is 3.99. The molecule has 3 heteroatoms. The molecule has 1 aromatic carbocycles. The van der Waals surface area contributed by atoms with Gasteiger partial charge < -0.3 is 15.4 Å². The predicted molar refractivity (Wildman–Crippen MR) is 83.3 cm³/mol. The van der Waals surface area contributed by atoms with E-state index in [-0.39, 0.29) is 6.04 Å². The Morgan fingerprint density at radius 3 is 2.65 bits per heavy atom. The van der Waals surface area contributed by atoms with Crippen molar-refractivity contribution in [2.24, 2.45) is 5.73 Å². The molecule has 2 heterocycles. The average Bonchev–Trinajstić information content (AvgIpc) is 2.77. The Morgan fingerprint density at radius 1 is 1.30 bits per heavy atom. The lowest BCUT2D eigenvalue weighted by Crippen LogP contribution is -2.43. The number of hydrogen-bond donors (Lipinski definition) is 1. The van der Waals surface area contributed by atoms with Crippen molar-refractivity contribution < 1.29 is 4.74 Å². The summed E-state index contributed by atoms with van der Waals surface area (Å²) in [5.74, 6) is 0. The number of ether oxygens (including phenoxy) is 1. The summed E-state index contributed by atoms with van der Waals surface area (Å²) < 4.78 is 5.95. The van der Waals surface area contributed by atoms with Crippen LogP contribution >= 0.6 is 0 Å². The van der Waals surface area contributed by atoms with E-state index in [9.17, 15) is 0 Å². The van der Waals surface area contributed by atoms with Gasteiger partial charge in [0.15, 0.2) is 0 Å². The van der Waals surface area contributed by atoms with Crippen LogP contribution in [-0.4, -0.2) is 31.3 Å². The monoisotopic (exact) mass is 274 g/mol. The third-order valence-electron chi connectivity index (χ3n) is 4.63. The van der Waals surface area contributed by atoms with Gasteiger partial charge in [0, 0.05) is 24.8 Å². The van der Waals surface area contributed by atoms with Crippen LogP contribution in [0.5, 0.6) is 0 Å². The number of anilines is 1. The number of nitrogens with two attached hydrogens (primary N) is 1. The van der Waals surface area contributed by atoms with Crippen LogP contribution in [-0.2, 0) is 11.2 Å². The fourth-order valence-electron chi connectivity index (χ4n) is 3.42. The van der Waals surface area contributed by atoms with Crippen molar-refractivity contribution in [1.29, 1.82) is 0 Å². The van der Waals surface area contributed by atoms with Gasteiger partial charge in [0.05, 0.1) is 12.2 Å². The zero-order valence-electron chi connectivity index (χ0n) is 12.6. The molecule has 2 aliphatic heterocycles. The molecule has 2 N–H and O–H groups in total. The summed E-state index contributed by atoms with van der Waals surface area (Å²) in [6.45, 7) is 6.39. The number of aryl methyl sites for hydroxylation is 1. The molecular formula is C17H26N2O. The lowest BCUT2D eigenvalue weighted by Gasteiger charge is -2.35. The maximum atomic E-state index is 6.18. The lowest BCUT2D eigenvalue weighted by molar-refractivity contribution is 0.0304. The van der Waals surface area contributed by atoms with Crippen LogP contribution in [0.1, 0.15) is 37.3 Å². The SMILES string of the molecule is CCC(N)Cc1cc(C)ccc1N1CC2CCC(C1)O2. The summed E-state index contributed by atoms with van der Waals surface area (Å²) in [4.78, 5) is 2.52. The van der Waals surface area contributed by atoms with E-state index in [2.05, 4.69) is 36.9 Å². The molecule has 3 rings (SSSR count). The smallest absolute Gasteiger partial charge is 0.0755 e. The Morgan fingerprint density at radius 2 is 2.00 bits per heavy atom. The summed E-state index contributed by atoms with van der Waals surface area (Å²) >= 11 is 0. The highest BCUT2D eigenvalue weighted by atomic mass is 16.5. The molecule has 0 aliphatic carbocycles. The van der Waals surface area contributed by atoms with E-state index in [1.54, 1.807) is 0 Å². The second kappa shape index (κ2) is 5.74. The van der Waals surface area contributed by atoms with E-state index in [0.29, 0.717) is 12.2 Å². The zero-order chi connectivity index (χ0) is 14.1. The number of hydrogen-bond acceptors (Lipinski definition) is 3. The summed E-state index contributed by atoms with van der Waals surface area (Å²) in [6, 6.07) is 7.06. The van der Waals surface area contributed by atoms with E-state index in [0.717, 1.165) is 25.9 Å². The van der Waals surface area contributed by atoms with Gasteiger partial charge in [-0.25, -0.2) is 0 Å². The normalized spacial score (nSPS) is 26.9. The summed E-state index contributed by atoms with van der Waals surface area (Å²) in [5, 5.41) is 0. The molecule has 110 valence electrons. The van der Waals surface area contributed by atoms with Crippen LogP contribution in [0.25, 0.3) is 0 Å². The maximum absolute atomic E-state index is 6.18. The highest BCUT2D eigenvalue weighted by Crippen LogP contribution is 2.32. The largest absolute Gasteiger partial charge is 0.371 e. The van der Waals surface area contributed by atoms with Crippen LogP contribution in [0, 0.1) is 6.92 Å². The first kappa shape index (κ1) is 13.9. The minimum Gasteiger partial charge on any atom is -0.371 e. The van der Waals surface area contributed by atoms with Crippen LogP contribution < -0.4 is 10.6 Å². The molecule has 0 aromatic heterocycles. The van der Waals surface area contributed by atoms with Gasteiger partial charge in [-0.1, -0.05) is 24.6 Å². The van der Waals surface area contributed by atoms with Crippen molar-refractivity contribution in [2.45, 2.75) is 57.8 Å². The molecule has 3 unspecified atom stereocenters. The van der Waals surface area contributed by atoms with Crippen LogP contribution in [0.2, 0.25) is 0 Å². The molecule has 2 saturated heterocycles. The van der Waals surface area contributed by atoms with Gasteiger partial charge in [0.2, 0.25) is 0 Å². The van der Waals surface area contributed by atoms with Gasteiger partial charge in [0.1, 0.15) is 0 Å². The van der Waals surface area contributed by atoms with Crippen molar-refractivity contribution >= 4 is 5.69 Å². The van der Waals surface area contributed by atoms with Crippen molar-refractivity contribution in [1.82, 2.24) is 0 Å². The molecule has 3 atom stereocenters.